The Kier molecular flexibility index (Phi) is 6.11. The van der Waals surface area contributed by atoms with Crippen LogP contribution in [0.15, 0.2) is 12.1 Å². The van der Waals surface area contributed by atoms with E-state index in [1.54, 1.807) is 12.1 Å². The van der Waals surface area contributed by atoms with Gasteiger partial charge < -0.3 is 5.32 Å². The van der Waals surface area contributed by atoms with Crippen molar-refractivity contribution in [2.75, 3.05) is 6.54 Å². The summed E-state index contributed by atoms with van der Waals surface area (Å²) in [6.45, 7) is 0.288. The van der Waals surface area contributed by atoms with Crippen LogP contribution in [0.1, 0.15) is 5.56 Å². The van der Waals surface area contributed by atoms with Crippen LogP contribution in [0.3, 0.4) is 0 Å². The van der Waals surface area contributed by atoms with Gasteiger partial charge >= 0.3 is 0 Å². The van der Waals surface area contributed by atoms with Crippen LogP contribution in [0, 0.1) is 17.8 Å². The molecule has 80 valence electrons. The number of terminal acetylenes is 1. The largest absolute Gasteiger partial charge is 0.359 e. The van der Waals surface area contributed by atoms with Crippen molar-refractivity contribution in [1.29, 1.82) is 5.41 Å². The highest BCUT2D eigenvalue weighted by molar-refractivity contribution is 6.33. The number of hydrogen-bond acceptors (Lipinski definition) is 2. The first-order valence-electron chi connectivity index (χ1n) is 3.73. The highest BCUT2D eigenvalue weighted by Crippen LogP contribution is 2.14. The van der Waals surface area contributed by atoms with Gasteiger partial charge in [0, 0.05) is 5.56 Å². The molecule has 0 saturated heterocycles. The predicted molar refractivity (Wildman–Crippen MR) is 65.2 cm³/mol. The number of nitrogens with zero attached hydrogens (tertiary/aromatic N) is 1. The number of rotatable bonds is 2. The molecule has 0 aliphatic heterocycles. The number of amidine groups is 1. The third-order valence-electron chi connectivity index (χ3n) is 1.42. The maximum Gasteiger partial charge on any atom is 0.131 e. The first-order valence-corrected chi connectivity index (χ1v) is 4.48. The molecule has 0 aromatic carbocycles. The molecule has 0 aliphatic carbocycles. The molecule has 0 bridgehead atoms. The maximum absolute atomic E-state index is 7.57. The van der Waals surface area contributed by atoms with Crippen LogP contribution in [0.25, 0.3) is 0 Å². The molecule has 0 aliphatic rings. The first kappa shape index (κ1) is 14.1. The fraction of sp³-hybridized carbons (Fsp3) is 0.111. The highest BCUT2D eigenvalue weighted by atomic mass is 35.5. The summed E-state index contributed by atoms with van der Waals surface area (Å²) < 4.78 is 0. The molecule has 0 amide bonds. The molecule has 0 saturated carbocycles. The van der Waals surface area contributed by atoms with E-state index in [-0.39, 0.29) is 35.1 Å². The lowest BCUT2D eigenvalue weighted by Crippen LogP contribution is -2.23. The molecule has 1 heterocycles. The van der Waals surface area contributed by atoms with Gasteiger partial charge in [-0.25, -0.2) is 4.98 Å². The molecule has 3 nitrogen and oxygen atoms in total. The molecule has 2 N–H and O–H groups in total. The molecule has 0 atom stereocenters. The van der Waals surface area contributed by atoms with E-state index >= 15 is 0 Å². The Morgan fingerprint density at radius 3 is 2.47 bits per heavy atom. The van der Waals surface area contributed by atoms with E-state index in [9.17, 15) is 0 Å². The van der Waals surface area contributed by atoms with Gasteiger partial charge in [-0.05, 0) is 12.1 Å². The van der Waals surface area contributed by atoms with Gasteiger partial charge in [-0.3, -0.25) is 5.41 Å². The average Bonchev–Trinajstić information content (AvgIpc) is 2.12. The standard InChI is InChI=1S/C9H7Cl2N3.ClH/c1-2-3-13-9(12)6-4-7(10)14-8(11)5-6;/h1,4-5H,3H2,(H2,12,13);1H. The van der Waals surface area contributed by atoms with Gasteiger partial charge in [-0.2, -0.15) is 0 Å². The quantitative estimate of drug-likeness (QED) is 0.373. The van der Waals surface area contributed by atoms with E-state index in [0.29, 0.717) is 5.56 Å². The topological polar surface area (TPSA) is 48.8 Å². The van der Waals surface area contributed by atoms with E-state index in [4.69, 9.17) is 35.0 Å². The van der Waals surface area contributed by atoms with Crippen molar-refractivity contribution in [3.63, 3.8) is 0 Å². The summed E-state index contributed by atoms with van der Waals surface area (Å²) in [5.74, 6) is 2.54. The van der Waals surface area contributed by atoms with Crippen molar-refractivity contribution in [3.05, 3.63) is 28.0 Å². The molecule has 0 radical (unpaired) electrons. The van der Waals surface area contributed by atoms with Crippen molar-refractivity contribution in [2.45, 2.75) is 0 Å². The Balaban J connectivity index is 0.00000196. The Morgan fingerprint density at radius 1 is 1.47 bits per heavy atom. The Morgan fingerprint density at radius 2 is 2.00 bits per heavy atom. The summed E-state index contributed by atoms with van der Waals surface area (Å²) >= 11 is 11.3. The summed E-state index contributed by atoms with van der Waals surface area (Å²) in [5.41, 5.74) is 0.560. The first-order chi connectivity index (χ1) is 6.63. The van der Waals surface area contributed by atoms with E-state index in [2.05, 4.69) is 16.2 Å². The van der Waals surface area contributed by atoms with Crippen molar-refractivity contribution in [1.82, 2.24) is 10.3 Å². The van der Waals surface area contributed by atoms with Crippen molar-refractivity contribution >= 4 is 41.4 Å². The zero-order valence-corrected chi connectivity index (χ0v) is 9.88. The number of halogens is 3. The zero-order chi connectivity index (χ0) is 10.6. The summed E-state index contributed by atoms with van der Waals surface area (Å²) in [6.07, 6.45) is 5.04. The predicted octanol–water partition coefficient (Wildman–Crippen LogP) is 2.36. The monoisotopic (exact) mass is 263 g/mol. The van der Waals surface area contributed by atoms with Gasteiger partial charge in [0.1, 0.15) is 16.1 Å². The van der Waals surface area contributed by atoms with Crippen LogP contribution in [0.5, 0.6) is 0 Å². The molecule has 1 aromatic rings. The summed E-state index contributed by atoms with van der Waals surface area (Å²) in [7, 11) is 0. The second-order valence-electron chi connectivity index (χ2n) is 2.43. The molecule has 0 fully saturated rings. The lowest BCUT2D eigenvalue weighted by molar-refractivity contribution is 1.05. The fourth-order valence-corrected chi connectivity index (χ4v) is 1.31. The Labute approximate surface area is 104 Å². The Bertz CT molecular complexity index is 378. The highest BCUT2D eigenvalue weighted by Gasteiger charge is 2.03. The third kappa shape index (κ3) is 4.39. The van der Waals surface area contributed by atoms with Gasteiger partial charge in [-0.1, -0.05) is 29.1 Å². The van der Waals surface area contributed by atoms with E-state index in [1.165, 1.54) is 0 Å². The smallest absolute Gasteiger partial charge is 0.131 e. The van der Waals surface area contributed by atoms with Gasteiger partial charge in [0.25, 0.3) is 0 Å². The van der Waals surface area contributed by atoms with E-state index in [1.807, 2.05) is 0 Å². The molecule has 0 spiro atoms. The molecular weight excluding hydrogens is 256 g/mol. The van der Waals surface area contributed by atoms with Gasteiger partial charge in [0.05, 0.1) is 6.54 Å². The number of hydrogen-bond donors (Lipinski definition) is 2. The van der Waals surface area contributed by atoms with E-state index < -0.39 is 0 Å². The molecule has 15 heavy (non-hydrogen) atoms. The normalized spacial score (nSPS) is 8.60. The Hall–Kier alpha value is -0.950. The zero-order valence-electron chi connectivity index (χ0n) is 7.55. The van der Waals surface area contributed by atoms with Crippen LogP contribution < -0.4 is 5.32 Å². The average molecular weight is 265 g/mol. The lowest BCUT2D eigenvalue weighted by atomic mass is 10.2. The summed E-state index contributed by atoms with van der Waals surface area (Å²) in [5, 5.41) is 10.8. The van der Waals surface area contributed by atoms with Crippen LogP contribution in [-0.4, -0.2) is 17.4 Å². The molecule has 1 aromatic heterocycles. The van der Waals surface area contributed by atoms with Gasteiger partial charge in [-0.15, -0.1) is 18.8 Å². The summed E-state index contributed by atoms with van der Waals surface area (Å²) in [6, 6.07) is 3.08. The lowest BCUT2D eigenvalue weighted by Gasteiger charge is -2.05. The second-order valence-corrected chi connectivity index (χ2v) is 3.21. The van der Waals surface area contributed by atoms with Gasteiger partial charge in [0.15, 0.2) is 0 Å². The van der Waals surface area contributed by atoms with Crippen LogP contribution >= 0.6 is 35.6 Å². The molecule has 6 heteroatoms. The third-order valence-corrected chi connectivity index (χ3v) is 1.81. The SMILES string of the molecule is C#CCNC(=N)c1cc(Cl)nc(Cl)c1.Cl. The summed E-state index contributed by atoms with van der Waals surface area (Å²) in [4.78, 5) is 3.76. The van der Waals surface area contributed by atoms with Gasteiger partial charge in [0.2, 0.25) is 0 Å². The minimum Gasteiger partial charge on any atom is -0.359 e. The van der Waals surface area contributed by atoms with Crippen molar-refractivity contribution < 1.29 is 0 Å². The number of pyridine rings is 1. The van der Waals surface area contributed by atoms with Crippen LogP contribution in [-0.2, 0) is 0 Å². The molecule has 1 rings (SSSR count). The number of aromatic nitrogens is 1. The van der Waals surface area contributed by atoms with Crippen molar-refractivity contribution in [2.24, 2.45) is 0 Å². The van der Waals surface area contributed by atoms with Crippen LogP contribution in [0.2, 0.25) is 10.3 Å². The minimum atomic E-state index is 0. The maximum atomic E-state index is 7.57. The molecular formula is C9H8Cl3N3. The van der Waals surface area contributed by atoms with Crippen molar-refractivity contribution in [3.8, 4) is 12.3 Å². The fourth-order valence-electron chi connectivity index (χ4n) is 0.851. The van der Waals surface area contributed by atoms with E-state index in [0.717, 1.165) is 0 Å². The minimum absolute atomic E-state index is 0. The molecule has 0 unspecified atom stereocenters. The van der Waals surface area contributed by atoms with Crippen LogP contribution in [0.4, 0.5) is 0 Å². The number of nitrogens with one attached hydrogen (secondary N) is 2. The second kappa shape index (κ2) is 6.52.